The van der Waals surface area contributed by atoms with Gasteiger partial charge in [-0.05, 0) is 25.5 Å². The predicted molar refractivity (Wildman–Crippen MR) is 62.0 cm³/mol. The van der Waals surface area contributed by atoms with Crippen LogP contribution in [0.1, 0.15) is 27.1 Å². The first-order valence-electron chi connectivity index (χ1n) is 5.05. The van der Waals surface area contributed by atoms with Gasteiger partial charge in [-0.15, -0.1) is 11.3 Å². The van der Waals surface area contributed by atoms with Crippen molar-refractivity contribution in [3.63, 3.8) is 0 Å². The molecule has 2 nitrogen and oxygen atoms in total. The van der Waals surface area contributed by atoms with Crippen molar-refractivity contribution in [1.82, 2.24) is 4.98 Å². The van der Waals surface area contributed by atoms with Gasteiger partial charge in [-0.3, -0.25) is 0 Å². The predicted octanol–water partition coefficient (Wildman–Crippen LogP) is 3.12. The summed E-state index contributed by atoms with van der Waals surface area (Å²) >= 11 is 1.22. The summed E-state index contributed by atoms with van der Waals surface area (Å²) in [6.07, 6.45) is 0.132. The van der Waals surface area contributed by atoms with Crippen LogP contribution in [0, 0.1) is 25.5 Å². The monoisotopic (exact) mass is 255 g/mol. The van der Waals surface area contributed by atoms with E-state index in [0.717, 1.165) is 11.1 Å². The van der Waals surface area contributed by atoms with Gasteiger partial charge in [-0.1, -0.05) is 6.07 Å². The average molecular weight is 255 g/mol. The molecule has 0 saturated carbocycles. The van der Waals surface area contributed by atoms with E-state index in [4.69, 9.17) is 0 Å². The molecular formula is C12H11F2NOS. The highest BCUT2D eigenvalue weighted by atomic mass is 32.1. The van der Waals surface area contributed by atoms with Gasteiger partial charge >= 0.3 is 0 Å². The van der Waals surface area contributed by atoms with Gasteiger partial charge in [0.2, 0.25) is 0 Å². The average Bonchev–Trinajstić information content (AvgIpc) is 2.71. The van der Waals surface area contributed by atoms with Crippen molar-refractivity contribution in [3.8, 4) is 0 Å². The number of aryl methyl sites for hydroxylation is 2. The van der Waals surface area contributed by atoms with E-state index >= 15 is 0 Å². The van der Waals surface area contributed by atoms with Gasteiger partial charge in [0.1, 0.15) is 17.7 Å². The quantitative estimate of drug-likeness (QED) is 0.894. The SMILES string of the molecule is Cc1ncc(C(O)c2c(F)ccc(C)c2F)s1. The number of aliphatic hydroxyl groups excluding tert-OH is 1. The molecule has 0 fully saturated rings. The van der Waals surface area contributed by atoms with Gasteiger partial charge in [0.25, 0.3) is 0 Å². The molecule has 17 heavy (non-hydrogen) atoms. The summed E-state index contributed by atoms with van der Waals surface area (Å²) in [7, 11) is 0. The number of aromatic nitrogens is 1. The van der Waals surface area contributed by atoms with Gasteiger partial charge in [0.05, 0.1) is 15.4 Å². The van der Waals surface area contributed by atoms with Crippen molar-refractivity contribution in [2.75, 3.05) is 0 Å². The molecule has 1 aromatic carbocycles. The van der Waals surface area contributed by atoms with Crippen LogP contribution in [-0.4, -0.2) is 10.1 Å². The van der Waals surface area contributed by atoms with Gasteiger partial charge in [0, 0.05) is 6.20 Å². The van der Waals surface area contributed by atoms with E-state index in [1.165, 1.54) is 30.5 Å². The number of aliphatic hydroxyl groups is 1. The van der Waals surface area contributed by atoms with Crippen molar-refractivity contribution in [1.29, 1.82) is 0 Å². The Bertz CT molecular complexity index is 553. The molecule has 0 aliphatic rings. The molecule has 0 spiro atoms. The molecule has 0 radical (unpaired) electrons. The molecule has 90 valence electrons. The fourth-order valence-corrected chi connectivity index (χ4v) is 2.36. The van der Waals surface area contributed by atoms with Crippen LogP contribution >= 0.6 is 11.3 Å². The molecule has 1 aromatic heterocycles. The third-order valence-electron chi connectivity index (χ3n) is 2.50. The van der Waals surface area contributed by atoms with Crippen molar-refractivity contribution < 1.29 is 13.9 Å². The molecular weight excluding hydrogens is 244 g/mol. The summed E-state index contributed by atoms with van der Waals surface area (Å²) in [6, 6.07) is 2.50. The first-order chi connectivity index (χ1) is 8.00. The molecule has 0 bridgehead atoms. The summed E-state index contributed by atoms with van der Waals surface area (Å²) in [5.74, 6) is -1.45. The second kappa shape index (κ2) is 4.50. The van der Waals surface area contributed by atoms with Crippen molar-refractivity contribution >= 4 is 11.3 Å². The lowest BCUT2D eigenvalue weighted by molar-refractivity contribution is 0.212. The summed E-state index contributed by atoms with van der Waals surface area (Å²) < 4.78 is 27.3. The summed E-state index contributed by atoms with van der Waals surface area (Å²) in [6.45, 7) is 3.30. The zero-order valence-corrected chi connectivity index (χ0v) is 10.2. The van der Waals surface area contributed by atoms with E-state index in [9.17, 15) is 13.9 Å². The molecule has 2 aromatic rings. The first-order valence-corrected chi connectivity index (χ1v) is 5.87. The largest absolute Gasteiger partial charge is 0.383 e. The Morgan fingerprint density at radius 3 is 2.59 bits per heavy atom. The van der Waals surface area contributed by atoms with Crippen LogP contribution in [0.2, 0.25) is 0 Å². The lowest BCUT2D eigenvalue weighted by Crippen LogP contribution is -2.05. The minimum absolute atomic E-state index is 0.307. The van der Waals surface area contributed by atoms with E-state index in [1.807, 2.05) is 0 Å². The maximum atomic E-state index is 13.8. The van der Waals surface area contributed by atoms with Crippen molar-refractivity contribution in [2.45, 2.75) is 20.0 Å². The van der Waals surface area contributed by atoms with E-state index in [0.29, 0.717) is 10.4 Å². The third kappa shape index (κ3) is 2.21. The van der Waals surface area contributed by atoms with Crippen LogP contribution in [0.15, 0.2) is 18.3 Å². The number of rotatable bonds is 2. The zero-order valence-electron chi connectivity index (χ0n) is 9.37. The van der Waals surface area contributed by atoms with E-state index < -0.39 is 17.7 Å². The van der Waals surface area contributed by atoms with Crippen molar-refractivity contribution in [2.24, 2.45) is 0 Å². The Morgan fingerprint density at radius 1 is 1.29 bits per heavy atom. The normalized spacial score (nSPS) is 12.8. The fraction of sp³-hybridized carbons (Fsp3) is 0.250. The Hall–Kier alpha value is -1.33. The molecule has 0 aliphatic heterocycles. The Morgan fingerprint density at radius 2 is 2.00 bits per heavy atom. The number of benzene rings is 1. The smallest absolute Gasteiger partial charge is 0.135 e. The molecule has 1 atom stereocenters. The maximum Gasteiger partial charge on any atom is 0.135 e. The third-order valence-corrected chi connectivity index (χ3v) is 3.47. The number of halogens is 2. The maximum absolute atomic E-state index is 13.8. The van der Waals surface area contributed by atoms with Crippen LogP contribution in [0.4, 0.5) is 8.78 Å². The summed E-state index contributed by atoms with van der Waals surface area (Å²) in [4.78, 5) is 4.39. The molecule has 1 heterocycles. The summed E-state index contributed by atoms with van der Waals surface area (Å²) in [5.41, 5.74) is -0.00432. The molecule has 2 rings (SSSR count). The topological polar surface area (TPSA) is 33.1 Å². The van der Waals surface area contributed by atoms with Crippen LogP contribution < -0.4 is 0 Å². The number of thiazole rings is 1. The molecule has 1 N–H and O–H groups in total. The van der Waals surface area contributed by atoms with Crippen molar-refractivity contribution in [3.05, 3.63) is 51.0 Å². The van der Waals surface area contributed by atoms with E-state index in [-0.39, 0.29) is 5.56 Å². The number of hydrogen-bond acceptors (Lipinski definition) is 3. The minimum atomic E-state index is -1.30. The lowest BCUT2D eigenvalue weighted by atomic mass is 10.0. The minimum Gasteiger partial charge on any atom is -0.383 e. The highest BCUT2D eigenvalue weighted by molar-refractivity contribution is 7.11. The lowest BCUT2D eigenvalue weighted by Gasteiger charge is -2.12. The Labute approximate surface area is 102 Å². The summed E-state index contributed by atoms with van der Waals surface area (Å²) in [5, 5.41) is 10.7. The highest BCUT2D eigenvalue weighted by Gasteiger charge is 2.22. The second-order valence-corrected chi connectivity index (χ2v) is 5.04. The van der Waals surface area contributed by atoms with Crippen LogP contribution in [0.3, 0.4) is 0 Å². The van der Waals surface area contributed by atoms with Gasteiger partial charge in [0.15, 0.2) is 0 Å². The standard InChI is InChI=1S/C12H11F2NOS/c1-6-3-4-8(13)10(11(6)14)12(16)9-5-15-7(2)17-9/h3-5,12,16H,1-2H3. The first kappa shape index (κ1) is 12.1. The van der Waals surface area contributed by atoms with Gasteiger partial charge < -0.3 is 5.11 Å². The zero-order chi connectivity index (χ0) is 12.6. The van der Waals surface area contributed by atoms with Crippen LogP contribution in [0.25, 0.3) is 0 Å². The molecule has 0 saturated heterocycles. The van der Waals surface area contributed by atoms with Crippen LogP contribution in [-0.2, 0) is 0 Å². The molecule has 5 heteroatoms. The van der Waals surface area contributed by atoms with Gasteiger partial charge in [-0.25, -0.2) is 13.8 Å². The second-order valence-electron chi connectivity index (χ2n) is 3.78. The van der Waals surface area contributed by atoms with E-state index in [2.05, 4.69) is 4.98 Å². The number of hydrogen-bond donors (Lipinski definition) is 1. The van der Waals surface area contributed by atoms with E-state index in [1.54, 1.807) is 6.92 Å². The Balaban J connectivity index is 2.50. The highest BCUT2D eigenvalue weighted by Crippen LogP contribution is 2.31. The molecule has 0 amide bonds. The number of nitrogens with zero attached hydrogens (tertiary/aromatic N) is 1. The van der Waals surface area contributed by atoms with Gasteiger partial charge in [-0.2, -0.15) is 0 Å². The molecule has 1 unspecified atom stereocenters. The molecule has 0 aliphatic carbocycles. The van der Waals surface area contributed by atoms with Crippen LogP contribution in [0.5, 0.6) is 0 Å². The fourth-order valence-electron chi connectivity index (χ4n) is 1.58. The Kier molecular flexibility index (Phi) is 3.22.